The van der Waals surface area contributed by atoms with Crippen molar-refractivity contribution in [3.05, 3.63) is 72.9 Å². The lowest BCUT2D eigenvalue weighted by atomic mass is 10.0. The van der Waals surface area contributed by atoms with E-state index in [9.17, 15) is 14.4 Å². The molecule has 0 N–H and O–H groups in total. The highest BCUT2D eigenvalue weighted by Crippen LogP contribution is 2.15. The van der Waals surface area contributed by atoms with Crippen LogP contribution in [-0.4, -0.2) is 37.2 Å². The van der Waals surface area contributed by atoms with E-state index >= 15 is 0 Å². The predicted molar refractivity (Wildman–Crippen MR) is 274 cm³/mol. The maximum absolute atomic E-state index is 12.7. The number of rotatable bonds is 48. The third kappa shape index (κ3) is 49.9. The van der Waals surface area contributed by atoms with Crippen LogP contribution in [0.15, 0.2) is 72.9 Å². The standard InChI is InChI=1S/C58H100O6/c1-4-7-10-13-16-19-21-23-25-26-27-28-29-30-31-32-34-35-37-39-42-45-48-51-57(60)63-54-55(53-62-56(59)50-47-44-41-18-15-12-9-6-3)64-58(61)52-49-46-43-40-38-36-33-24-22-20-17-14-11-8-5-2/h8,11,17,20,24,26-27,33,38,40,46,49,55H,4-7,9-10,12-16,18-19,21-23,25,28-32,34-37,39,41-45,47-48,50-54H2,1-3H3/b11-8-,20-17-,27-26-,33-24-,40-38-,49-46-. The SMILES string of the molecule is CC/C=C\C/C=C\C/C=C\C/C=C\C/C=C\CC(=O)OC(COC(=O)CCCCCCCCCC)COC(=O)CCCCCCCCCCCCC/C=C\CCCCCCCCCC. The minimum Gasteiger partial charge on any atom is -0.462 e. The molecule has 0 aromatic rings. The van der Waals surface area contributed by atoms with Crippen LogP contribution in [0.1, 0.15) is 258 Å². The van der Waals surface area contributed by atoms with E-state index in [1.54, 1.807) is 6.08 Å². The Hall–Kier alpha value is -3.15. The average Bonchev–Trinajstić information content (AvgIpc) is 3.29. The van der Waals surface area contributed by atoms with Gasteiger partial charge in [0.05, 0.1) is 6.42 Å². The molecule has 0 amide bonds. The van der Waals surface area contributed by atoms with Crippen molar-refractivity contribution in [1.29, 1.82) is 0 Å². The topological polar surface area (TPSA) is 78.9 Å². The van der Waals surface area contributed by atoms with Gasteiger partial charge in [-0.05, 0) is 70.6 Å². The Kier molecular flexibility index (Phi) is 49.9. The second-order valence-corrected chi connectivity index (χ2v) is 17.8. The molecule has 0 fully saturated rings. The summed E-state index contributed by atoms with van der Waals surface area (Å²) >= 11 is 0. The van der Waals surface area contributed by atoms with Crippen LogP contribution < -0.4 is 0 Å². The van der Waals surface area contributed by atoms with E-state index in [0.717, 1.165) is 70.6 Å². The quantitative estimate of drug-likeness (QED) is 0.0262. The van der Waals surface area contributed by atoms with Crippen LogP contribution in [0.2, 0.25) is 0 Å². The number of carbonyl (C=O) groups is 3. The molecular weight excluding hydrogens is 793 g/mol. The predicted octanol–water partition coefficient (Wildman–Crippen LogP) is 17.8. The van der Waals surface area contributed by atoms with Crippen LogP contribution in [0.3, 0.4) is 0 Å². The van der Waals surface area contributed by atoms with Crippen molar-refractivity contribution in [2.75, 3.05) is 13.2 Å². The Labute approximate surface area is 395 Å². The molecule has 368 valence electrons. The molecule has 0 saturated carbocycles. The fourth-order valence-corrected chi connectivity index (χ4v) is 7.45. The lowest BCUT2D eigenvalue weighted by molar-refractivity contribution is -0.166. The van der Waals surface area contributed by atoms with Crippen molar-refractivity contribution < 1.29 is 28.6 Å². The highest BCUT2D eigenvalue weighted by molar-refractivity contribution is 5.72. The van der Waals surface area contributed by atoms with Crippen LogP contribution in [0, 0.1) is 0 Å². The number of allylic oxidation sites excluding steroid dienone is 11. The first-order valence-electron chi connectivity index (χ1n) is 26.9. The minimum absolute atomic E-state index is 0.0987. The maximum Gasteiger partial charge on any atom is 0.310 e. The summed E-state index contributed by atoms with van der Waals surface area (Å²) in [7, 11) is 0. The van der Waals surface area contributed by atoms with Crippen LogP contribution in [-0.2, 0) is 28.6 Å². The summed E-state index contributed by atoms with van der Waals surface area (Å²) in [5, 5.41) is 0. The number of unbranched alkanes of at least 4 members (excludes halogenated alkanes) is 26. The van der Waals surface area contributed by atoms with Crippen LogP contribution >= 0.6 is 0 Å². The van der Waals surface area contributed by atoms with Crippen LogP contribution in [0.5, 0.6) is 0 Å². The molecule has 0 aliphatic rings. The van der Waals surface area contributed by atoms with Crippen molar-refractivity contribution in [2.24, 2.45) is 0 Å². The number of esters is 3. The molecule has 0 spiro atoms. The number of hydrogen-bond donors (Lipinski definition) is 0. The number of ether oxygens (including phenoxy) is 3. The van der Waals surface area contributed by atoms with Gasteiger partial charge in [0.15, 0.2) is 6.10 Å². The molecular formula is C58H100O6. The first kappa shape index (κ1) is 60.9. The van der Waals surface area contributed by atoms with Gasteiger partial charge in [0.25, 0.3) is 0 Å². The summed E-state index contributed by atoms with van der Waals surface area (Å²) in [4.78, 5) is 37.8. The van der Waals surface area contributed by atoms with E-state index in [1.807, 2.05) is 6.08 Å². The normalized spacial score (nSPS) is 12.6. The fraction of sp³-hybridized carbons (Fsp3) is 0.741. The molecule has 0 saturated heterocycles. The third-order valence-electron chi connectivity index (χ3n) is 11.5. The zero-order chi connectivity index (χ0) is 46.5. The van der Waals surface area contributed by atoms with Crippen molar-refractivity contribution in [1.82, 2.24) is 0 Å². The van der Waals surface area contributed by atoms with E-state index in [-0.39, 0.29) is 31.6 Å². The van der Waals surface area contributed by atoms with Gasteiger partial charge in [-0.25, -0.2) is 0 Å². The van der Waals surface area contributed by atoms with Gasteiger partial charge in [0.2, 0.25) is 0 Å². The Balaban J connectivity index is 4.29. The van der Waals surface area contributed by atoms with Gasteiger partial charge in [-0.2, -0.15) is 0 Å². The largest absolute Gasteiger partial charge is 0.462 e. The van der Waals surface area contributed by atoms with E-state index in [1.165, 1.54) is 148 Å². The summed E-state index contributed by atoms with van der Waals surface area (Å²) < 4.78 is 16.6. The molecule has 0 aliphatic heterocycles. The Bertz CT molecular complexity index is 1210. The fourth-order valence-electron chi connectivity index (χ4n) is 7.45. The Morgan fingerprint density at radius 1 is 0.344 bits per heavy atom. The number of hydrogen-bond acceptors (Lipinski definition) is 6. The Morgan fingerprint density at radius 3 is 1.02 bits per heavy atom. The van der Waals surface area contributed by atoms with Gasteiger partial charge in [-0.1, -0.05) is 241 Å². The molecule has 6 nitrogen and oxygen atoms in total. The zero-order valence-corrected chi connectivity index (χ0v) is 42.0. The van der Waals surface area contributed by atoms with Crippen molar-refractivity contribution >= 4 is 17.9 Å². The summed E-state index contributed by atoms with van der Waals surface area (Å²) in [5.41, 5.74) is 0. The monoisotopic (exact) mass is 893 g/mol. The van der Waals surface area contributed by atoms with Gasteiger partial charge >= 0.3 is 17.9 Å². The highest BCUT2D eigenvalue weighted by atomic mass is 16.6. The summed E-state index contributed by atoms with van der Waals surface area (Å²) in [6, 6.07) is 0. The highest BCUT2D eigenvalue weighted by Gasteiger charge is 2.19. The van der Waals surface area contributed by atoms with Gasteiger partial charge in [0.1, 0.15) is 13.2 Å². The molecule has 0 radical (unpaired) electrons. The van der Waals surface area contributed by atoms with E-state index < -0.39 is 12.1 Å². The van der Waals surface area contributed by atoms with Crippen LogP contribution in [0.25, 0.3) is 0 Å². The molecule has 1 atom stereocenters. The third-order valence-corrected chi connectivity index (χ3v) is 11.5. The maximum atomic E-state index is 12.7. The second-order valence-electron chi connectivity index (χ2n) is 17.8. The summed E-state index contributed by atoms with van der Waals surface area (Å²) in [6.07, 6.45) is 66.5. The molecule has 0 aromatic carbocycles. The number of carbonyl (C=O) groups excluding carboxylic acids is 3. The van der Waals surface area contributed by atoms with Gasteiger partial charge in [0, 0.05) is 12.8 Å². The van der Waals surface area contributed by atoms with E-state index in [4.69, 9.17) is 14.2 Å². The van der Waals surface area contributed by atoms with E-state index in [2.05, 4.69) is 81.5 Å². The molecule has 0 heterocycles. The summed E-state index contributed by atoms with van der Waals surface area (Å²) in [5.74, 6) is -1.05. The second kappa shape index (κ2) is 52.5. The molecule has 0 rings (SSSR count). The minimum atomic E-state index is -0.826. The van der Waals surface area contributed by atoms with Crippen molar-refractivity contribution in [2.45, 2.75) is 264 Å². The first-order chi connectivity index (χ1) is 31.5. The molecule has 6 heteroatoms. The van der Waals surface area contributed by atoms with Gasteiger partial charge in [-0.3, -0.25) is 14.4 Å². The molecule has 1 unspecified atom stereocenters. The van der Waals surface area contributed by atoms with Crippen molar-refractivity contribution in [3.63, 3.8) is 0 Å². The smallest absolute Gasteiger partial charge is 0.310 e. The molecule has 0 aliphatic carbocycles. The Morgan fingerprint density at radius 2 is 0.656 bits per heavy atom. The van der Waals surface area contributed by atoms with Crippen LogP contribution in [0.4, 0.5) is 0 Å². The molecule has 0 aromatic heterocycles. The van der Waals surface area contributed by atoms with E-state index in [0.29, 0.717) is 12.8 Å². The average molecular weight is 893 g/mol. The molecule has 64 heavy (non-hydrogen) atoms. The zero-order valence-electron chi connectivity index (χ0n) is 42.0. The van der Waals surface area contributed by atoms with Gasteiger partial charge < -0.3 is 14.2 Å². The molecule has 0 bridgehead atoms. The van der Waals surface area contributed by atoms with Crippen molar-refractivity contribution in [3.8, 4) is 0 Å². The summed E-state index contributed by atoms with van der Waals surface area (Å²) in [6.45, 7) is 6.42. The first-order valence-corrected chi connectivity index (χ1v) is 26.9. The lowest BCUT2D eigenvalue weighted by Crippen LogP contribution is -2.30. The lowest BCUT2D eigenvalue weighted by Gasteiger charge is -2.18. The van der Waals surface area contributed by atoms with Gasteiger partial charge in [-0.15, -0.1) is 0 Å².